The molecule has 2 N–H and O–H groups in total. The fourth-order valence-corrected chi connectivity index (χ4v) is 6.62. The molecule has 4 aromatic carbocycles. The molecule has 8 nitrogen and oxygen atoms in total. The first kappa shape index (κ1) is 30.6. The maximum Gasteiger partial charge on any atom is 0.169 e. The van der Waals surface area contributed by atoms with Crippen LogP contribution in [0.15, 0.2) is 66.7 Å². The standard InChI is InChI=1S/C37H42N2O6/c1-39-15-13-26-20-35(42-3)37(44-5)22-29(26)31(39)17-24-8-11-32(40)33(18-24)45-27-9-6-23(7-10-27)16-30-28-21-36(43-4)34(41-2)19-25(28)12-14-38-30/h6-11,18-22,30-31,38,40H,12-17H2,1-5H3. The van der Waals surface area contributed by atoms with E-state index >= 15 is 0 Å². The number of rotatable bonds is 10. The van der Waals surface area contributed by atoms with Crippen LogP contribution in [0.4, 0.5) is 0 Å². The van der Waals surface area contributed by atoms with Gasteiger partial charge in [-0.15, -0.1) is 0 Å². The highest BCUT2D eigenvalue weighted by atomic mass is 16.5. The van der Waals surface area contributed by atoms with Gasteiger partial charge in [-0.3, -0.25) is 4.90 Å². The van der Waals surface area contributed by atoms with Crippen molar-refractivity contribution in [1.82, 2.24) is 10.2 Å². The second kappa shape index (κ2) is 13.3. The van der Waals surface area contributed by atoms with Gasteiger partial charge in [0.1, 0.15) is 5.75 Å². The van der Waals surface area contributed by atoms with Crippen molar-refractivity contribution in [2.75, 3.05) is 48.6 Å². The van der Waals surface area contributed by atoms with Crippen LogP contribution in [0.1, 0.15) is 45.5 Å². The fraction of sp³-hybridized carbons (Fsp3) is 0.351. The Morgan fingerprint density at radius 2 is 1.29 bits per heavy atom. The third kappa shape index (κ3) is 6.39. The number of nitrogens with one attached hydrogen (secondary N) is 1. The highest BCUT2D eigenvalue weighted by Crippen LogP contribution is 2.41. The van der Waals surface area contributed by atoms with Crippen molar-refractivity contribution < 1.29 is 28.8 Å². The van der Waals surface area contributed by atoms with E-state index in [4.69, 9.17) is 23.7 Å². The summed E-state index contributed by atoms with van der Waals surface area (Å²) in [6.45, 7) is 1.86. The van der Waals surface area contributed by atoms with Gasteiger partial charge in [0.15, 0.2) is 34.5 Å². The average Bonchev–Trinajstić information content (AvgIpc) is 3.07. The molecular formula is C37H42N2O6. The highest BCUT2D eigenvalue weighted by Gasteiger charge is 2.28. The molecule has 0 saturated carbocycles. The van der Waals surface area contributed by atoms with Gasteiger partial charge < -0.3 is 34.1 Å². The molecule has 2 heterocycles. The second-order valence-electron chi connectivity index (χ2n) is 11.8. The number of methoxy groups -OCH3 is 4. The van der Waals surface area contributed by atoms with E-state index in [1.807, 2.05) is 24.3 Å². The monoisotopic (exact) mass is 610 g/mol. The number of likely N-dealkylation sites (N-methyl/N-ethyl adjacent to an activating group) is 1. The second-order valence-corrected chi connectivity index (χ2v) is 11.8. The highest BCUT2D eigenvalue weighted by molar-refractivity contribution is 5.52. The molecule has 0 saturated heterocycles. The number of ether oxygens (including phenoxy) is 5. The molecule has 2 atom stereocenters. The molecule has 236 valence electrons. The Hall–Kier alpha value is -4.40. The van der Waals surface area contributed by atoms with Gasteiger partial charge in [-0.1, -0.05) is 18.2 Å². The van der Waals surface area contributed by atoms with Crippen LogP contribution in [-0.2, 0) is 25.7 Å². The molecule has 0 fully saturated rings. The maximum atomic E-state index is 10.7. The van der Waals surface area contributed by atoms with Crippen LogP contribution in [0.5, 0.6) is 40.2 Å². The zero-order valence-electron chi connectivity index (χ0n) is 26.7. The lowest BCUT2D eigenvalue weighted by Crippen LogP contribution is -2.33. The molecule has 45 heavy (non-hydrogen) atoms. The van der Waals surface area contributed by atoms with Crippen molar-refractivity contribution in [2.24, 2.45) is 0 Å². The van der Waals surface area contributed by atoms with Crippen molar-refractivity contribution in [1.29, 1.82) is 0 Å². The number of nitrogens with zero attached hydrogens (tertiary/aromatic N) is 1. The molecule has 0 radical (unpaired) electrons. The molecule has 0 aliphatic carbocycles. The van der Waals surface area contributed by atoms with Crippen LogP contribution in [-0.4, -0.2) is 58.6 Å². The quantitative estimate of drug-likeness (QED) is 0.213. The minimum atomic E-state index is 0.110. The Morgan fingerprint density at radius 1 is 0.689 bits per heavy atom. The number of hydrogen-bond donors (Lipinski definition) is 2. The van der Waals surface area contributed by atoms with E-state index in [0.29, 0.717) is 11.5 Å². The zero-order valence-corrected chi connectivity index (χ0v) is 26.7. The van der Waals surface area contributed by atoms with E-state index in [2.05, 4.69) is 53.7 Å². The van der Waals surface area contributed by atoms with E-state index in [-0.39, 0.29) is 17.8 Å². The summed E-state index contributed by atoms with van der Waals surface area (Å²) in [5, 5.41) is 14.3. The van der Waals surface area contributed by atoms with Gasteiger partial charge in [0.2, 0.25) is 0 Å². The lowest BCUT2D eigenvalue weighted by Gasteiger charge is -2.35. The maximum absolute atomic E-state index is 10.7. The van der Waals surface area contributed by atoms with Crippen molar-refractivity contribution in [3.63, 3.8) is 0 Å². The summed E-state index contributed by atoms with van der Waals surface area (Å²) in [5.74, 6) is 4.22. The molecule has 0 aromatic heterocycles. The van der Waals surface area contributed by atoms with Crippen molar-refractivity contribution in [3.05, 3.63) is 100 Å². The van der Waals surface area contributed by atoms with Gasteiger partial charge in [-0.05, 0) is 121 Å². The van der Waals surface area contributed by atoms with Gasteiger partial charge in [0.25, 0.3) is 0 Å². The molecule has 6 rings (SSSR count). The van der Waals surface area contributed by atoms with Crippen LogP contribution in [0.2, 0.25) is 0 Å². The van der Waals surface area contributed by atoms with Gasteiger partial charge >= 0.3 is 0 Å². The molecule has 2 unspecified atom stereocenters. The normalized spacial score (nSPS) is 17.6. The first-order valence-electron chi connectivity index (χ1n) is 15.4. The van der Waals surface area contributed by atoms with E-state index in [1.54, 1.807) is 34.5 Å². The lowest BCUT2D eigenvalue weighted by atomic mass is 9.88. The largest absolute Gasteiger partial charge is 0.504 e. The molecule has 2 aliphatic heterocycles. The SMILES string of the molecule is COc1cc2c(cc1OC)C(Cc1ccc(Oc3cc(CC4c5cc(OC)c(OC)cc5CCN4C)ccc3O)cc1)NCC2. The first-order valence-corrected chi connectivity index (χ1v) is 15.4. The minimum absolute atomic E-state index is 0.110. The number of phenols is 1. The summed E-state index contributed by atoms with van der Waals surface area (Å²) in [5.41, 5.74) is 7.30. The first-order chi connectivity index (χ1) is 21.9. The zero-order chi connectivity index (χ0) is 31.5. The topological polar surface area (TPSA) is 81.7 Å². The molecule has 8 heteroatoms. The smallest absolute Gasteiger partial charge is 0.169 e. The molecule has 2 aliphatic rings. The Kier molecular flexibility index (Phi) is 9.05. The number of aromatic hydroxyl groups is 1. The Labute approximate surface area is 265 Å². The summed E-state index contributed by atoms with van der Waals surface area (Å²) in [7, 11) is 8.84. The Bertz CT molecular complexity index is 1650. The van der Waals surface area contributed by atoms with Crippen LogP contribution in [0, 0.1) is 0 Å². The number of fused-ring (bicyclic) bond motifs is 2. The third-order valence-corrected chi connectivity index (χ3v) is 9.12. The summed E-state index contributed by atoms with van der Waals surface area (Å²) in [4.78, 5) is 2.37. The van der Waals surface area contributed by atoms with E-state index in [1.165, 1.54) is 27.8 Å². The van der Waals surface area contributed by atoms with Gasteiger partial charge in [0, 0.05) is 18.6 Å². The van der Waals surface area contributed by atoms with Crippen LogP contribution >= 0.6 is 0 Å². The molecule has 0 bridgehead atoms. The predicted octanol–water partition coefficient (Wildman–Crippen LogP) is 6.42. The van der Waals surface area contributed by atoms with Gasteiger partial charge in [0.05, 0.1) is 28.4 Å². The molecule has 0 spiro atoms. The van der Waals surface area contributed by atoms with E-state index < -0.39 is 0 Å². The Balaban J connectivity index is 1.17. The summed E-state index contributed by atoms with van der Waals surface area (Å²) in [6, 6.07) is 22.4. The molecule has 0 amide bonds. The third-order valence-electron chi connectivity index (χ3n) is 9.12. The van der Waals surface area contributed by atoms with Gasteiger partial charge in [-0.2, -0.15) is 0 Å². The number of benzene rings is 4. The fourth-order valence-electron chi connectivity index (χ4n) is 6.62. The summed E-state index contributed by atoms with van der Waals surface area (Å²) in [6.07, 6.45) is 3.50. The van der Waals surface area contributed by atoms with Gasteiger partial charge in [-0.25, -0.2) is 0 Å². The van der Waals surface area contributed by atoms with Crippen molar-refractivity contribution in [2.45, 2.75) is 37.8 Å². The predicted molar refractivity (Wildman–Crippen MR) is 175 cm³/mol. The lowest BCUT2D eigenvalue weighted by molar-refractivity contribution is 0.228. The van der Waals surface area contributed by atoms with Crippen LogP contribution in [0.3, 0.4) is 0 Å². The number of hydrogen-bond acceptors (Lipinski definition) is 8. The van der Waals surface area contributed by atoms with Crippen molar-refractivity contribution in [3.8, 4) is 40.2 Å². The summed E-state index contributed by atoms with van der Waals surface area (Å²) >= 11 is 0. The van der Waals surface area contributed by atoms with Crippen molar-refractivity contribution >= 4 is 0 Å². The Morgan fingerprint density at radius 3 is 1.96 bits per heavy atom. The van der Waals surface area contributed by atoms with Crippen LogP contribution < -0.4 is 29.0 Å². The minimum Gasteiger partial charge on any atom is -0.504 e. The van der Waals surface area contributed by atoms with E-state index in [0.717, 1.165) is 67.3 Å². The summed E-state index contributed by atoms with van der Waals surface area (Å²) < 4.78 is 28.5. The molecular weight excluding hydrogens is 568 g/mol. The van der Waals surface area contributed by atoms with Crippen LogP contribution in [0.25, 0.3) is 0 Å². The van der Waals surface area contributed by atoms with E-state index in [9.17, 15) is 5.11 Å². The average molecular weight is 611 g/mol. The molecule has 4 aromatic rings. The number of phenolic OH excluding ortho intramolecular Hbond substituents is 1.